The number of aliphatic hydroxyl groups is 1. The molecular formula is C24H33FN2O2Si. The van der Waals surface area contributed by atoms with E-state index in [0.29, 0.717) is 11.3 Å². The second-order valence-corrected chi connectivity index (χ2v) is 15.0. The number of halogens is 1. The smallest absolute Gasteiger partial charge is 0.192 e. The fourth-order valence-electron chi connectivity index (χ4n) is 4.34. The maximum atomic E-state index is 14.9. The van der Waals surface area contributed by atoms with E-state index in [1.165, 1.54) is 6.07 Å². The Morgan fingerprint density at radius 3 is 2.60 bits per heavy atom. The van der Waals surface area contributed by atoms with Gasteiger partial charge in [-0.1, -0.05) is 32.9 Å². The van der Waals surface area contributed by atoms with Crippen LogP contribution in [0.3, 0.4) is 0 Å². The molecule has 1 N–H and O–H groups in total. The average molecular weight is 429 g/mol. The highest BCUT2D eigenvalue weighted by Gasteiger charge is 2.41. The zero-order valence-corrected chi connectivity index (χ0v) is 19.7. The quantitative estimate of drug-likeness (QED) is 0.590. The summed E-state index contributed by atoms with van der Waals surface area (Å²) in [6.07, 6.45) is 8.79. The van der Waals surface area contributed by atoms with Crippen LogP contribution in [0, 0.1) is 11.7 Å². The SMILES string of the molecule is CC(C)(C)[Si](C)(C)O[C@H](/C=c1/c2c(F)cccc2c2cncn12)C1CCC(O)CC1. The van der Waals surface area contributed by atoms with Crippen LogP contribution in [-0.4, -0.2) is 35.0 Å². The summed E-state index contributed by atoms with van der Waals surface area (Å²) in [5.74, 6) is 0.102. The monoisotopic (exact) mass is 428 g/mol. The Bertz CT molecular complexity index is 1090. The highest BCUT2D eigenvalue weighted by molar-refractivity contribution is 6.74. The maximum Gasteiger partial charge on any atom is 0.192 e. The molecule has 0 aliphatic heterocycles. The van der Waals surface area contributed by atoms with Gasteiger partial charge in [0.25, 0.3) is 0 Å². The van der Waals surface area contributed by atoms with Gasteiger partial charge in [-0.05, 0) is 61.9 Å². The minimum Gasteiger partial charge on any atom is -0.410 e. The number of hydrogen-bond acceptors (Lipinski definition) is 3. The summed E-state index contributed by atoms with van der Waals surface area (Å²) < 4.78 is 23.8. The van der Waals surface area contributed by atoms with Crippen molar-refractivity contribution in [1.29, 1.82) is 0 Å². The van der Waals surface area contributed by atoms with E-state index in [9.17, 15) is 9.50 Å². The van der Waals surface area contributed by atoms with Crippen molar-refractivity contribution in [2.45, 2.75) is 76.8 Å². The first-order valence-corrected chi connectivity index (χ1v) is 13.9. The molecule has 1 atom stereocenters. The molecule has 4 nitrogen and oxygen atoms in total. The van der Waals surface area contributed by atoms with E-state index in [2.05, 4.69) is 44.9 Å². The second kappa shape index (κ2) is 7.73. The van der Waals surface area contributed by atoms with Crippen molar-refractivity contribution in [2.24, 2.45) is 5.92 Å². The second-order valence-electron chi connectivity index (χ2n) is 10.3. The van der Waals surface area contributed by atoms with Gasteiger partial charge < -0.3 is 9.53 Å². The van der Waals surface area contributed by atoms with Gasteiger partial charge in [0.05, 0.1) is 35.6 Å². The number of aliphatic hydroxyl groups excluding tert-OH is 1. The van der Waals surface area contributed by atoms with E-state index in [0.717, 1.165) is 41.9 Å². The molecule has 2 aromatic heterocycles. The third-order valence-corrected chi connectivity index (χ3v) is 11.7. The van der Waals surface area contributed by atoms with Gasteiger partial charge in [-0.25, -0.2) is 9.37 Å². The Morgan fingerprint density at radius 2 is 1.93 bits per heavy atom. The van der Waals surface area contributed by atoms with Crippen molar-refractivity contribution in [3.05, 3.63) is 41.9 Å². The van der Waals surface area contributed by atoms with Crippen molar-refractivity contribution in [3.63, 3.8) is 0 Å². The molecule has 0 bridgehead atoms. The molecule has 0 unspecified atom stereocenters. The average Bonchev–Trinajstić information content (AvgIpc) is 3.24. The van der Waals surface area contributed by atoms with Gasteiger partial charge in [0.15, 0.2) is 8.32 Å². The molecular weight excluding hydrogens is 395 g/mol. The zero-order valence-electron chi connectivity index (χ0n) is 18.7. The largest absolute Gasteiger partial charge is 0.410 e. The van der Waals surface area contributed by atoms with E-state index in [1.54, 1.807) is 18.6 Å². The lowest BCUT2D eigenvalue weighted by atomic mass is 9.83. The normalized spacial score (nSPS) is 22.8. The van der Waals surface area contributed by atoms with Crippen LogP contribution in [0.1, 0.15) is 46.5 Å². The van der Waals surface area contributed by atoms with Crippen LogP contribution in [0.4, 0.5) is 4.39 Å². The molecule has 4 rings (SSSR count). The van der Waals surface area contributed by atoms with E-state index in [1.807, 2.05) is 10.5 Å². The van der Waals surface area contributed by atoms with Gasteiger partial charge in [-0.3, -0.25) is 4.40 Å². The van der Waals surface area contributed by atoms with Crippen LogP contribution in [0.25, 0.3) is 22.4 Å². The Morgan fingerprint density at radius 1 is 1.23 bits per heavy atom. The molecule has 0 amide bonds. The number of fused-ring (bicyclic) bond motifs is 3. The molecule has 1 saturated carbocycles. The predicted molar refractivity (Wildman–Crippen MR) is 122 cm³/mol. The van der Waals surface area contributed by atoms with Crippen LogP contribution in [0.5, 0.6) is 0 Å². The molecule has 30 heavy (non-hydrogen) atoms. The molecule has 2 heterocycles. The highest BCUT2D eigenvalue weighted by atomic mass is 28.4. The molecule has 1 aliphatic carbocycles. The van der Waals surface area contributed by atoms with Crippen LogP contribution < -0.4 is 5.35 Å². The maximum absolute atomic E-state index is 14.9. The summed E-state index contributed by atoms with van der Waals surface area (Å²) in [5.41, 5.74) is 0.917. The molecule has 0 spiro atoms. The third kappa shape index (κ3) is 3.81. The predicted octanol–water partition coefficient (Wildman–Crippen LogP) is 5.07. The molecule has 1 aromatic carbocycles. The van der Waals surface area contributed by atoms with Gasteiger partial charge in [-0.2, -0.15) is 0 Å². The van der Waals surface area contributed by atoms with Gasteiger partial charge in [0.2, 0.25) is 0 Å². The van der Waals surface area contributed by atoms with Crippen molar-refractivity contribution >= 4 is 30.7 Å². The van der Waals surface area contributed by atoms with Crippen molar-refractivity contribution in [2.75, 3.05) is 0 Å². The lowest BCUT2D eigenvalue weighted by Gasteiger charge is -2.41. The number of benzene rings is 1. The van der Waals surface area contributed by atoms with Crippen molar-refractivity contribution in [3.8, 4) is 0 Å². The topological polar surface area (TPSA) is 46.8 Å². The summed E-state index contributed by atoms with van der Waals surface area (Å²) in [5, 5.41) is 12.4. The highest BCUT2D eigenvalue weighted by Crippen LogP contribution is 2.40. The summed E-state index contributed by atoms with van der Waals surface area (Å²) in [6, 6.07) is 5.22. The number of imidazole rings is 1. The standard InChI is InChI=1S/C24H33FN2O2Si/c1-24(2,3)30(4,5)29-22(16-9-11-17(28)12-10-16)13-20-23-18(7-6-8-19(23)25)21-14-26-15-27(20)21/h6-8,13-17,22,28H,9-12H2,1-5H3/b20-13-/t16?,17?,22-/m1/s1. The van der Waals surface area contributed by atoms with Gasteiger partial charge in [-0.15, -0.1) is 0 Å². The van der Waals surface area contributed by atoms with Gasteiger partial charge in [0, 0.05) is 10.8 Å². The minimum atomic E-state index is -2.05. The van der Waals surface area contributed by atoms with Crippen LogP contribution in [-0.2, 0) is 4.43 Å². The first-order valence-electron chi connectivity index (χ1n) is 11.0. The van der Waals surface area contributed by atoms with E-state index in [4.69, 9.17) is 4.43 Å². The summed E-state index contributed by atoms with van der Waals surface area (Å²) in [6.45, 7) is 11.3. The Kier molecular flexibility index (Phi) is 5.53. The van der Waals surface area contributed by atoms with E-state index < -0.39 is 8.32 Å². The number of nitrogens with zero attached hydrogens (tertiary/aromatic N) is 2. The third-order valence-electron chi connectivity index (χ3n) is 7.21. The Hall–Kier alpha value is -1.76. The number of hydrogen-bond donors (Lipinski definition) is 1. The van der Waals surface area contributed by atoms with Crippen LogP contribution in [0.2, 0.25) is 18.1 Å². The number of rotatable bonds is 4. The van der Waals surface area contributed by atoms with Crippen molar-refractivity contribution < 1.29 is 13.9 Å². The molecule has 3 aromatic rings. The lowest BCUT2D eigenvalue weighted by molar-refractivity contribution is 0.0720. The molecule has 6 heteroatoms. The molecule has 1 aliphatic rings. The molecule has 0 saturated heterocycles. The van der Waals surface area contributed by atoms with Crippen LogP contribution in [0.15, 0.2) is 30.7 Å². The van der Waals surface area contributed by atoms with E-state index >= 15 is 0 Å². The number of aromatic nitrogens is 2. The fraction of sp³-hybridized carbons (Fsp3) is 0.542. The van der Waals surface area contributed by atoms with Gasteiger partial charge >= 0.3 is 0 Å². The summed E-state index contributed by atoms with van der Waals surface area (Å²) in [4.78, 5) is 4.30. The minimum absolute atomic E-state index is 0.0803. The molecule has 0 radical (unpaired) electrons. The van der Waals surface area contributed by atoms with Crippen LogP contribution >= 0.6 is 0 Å². The van der Waals surface area contributed by atoms with Gasteiger partial charge in [0.1, 0.15) is 5.82 Å². The first-order chi connectivity index (χ1) is 14.1. The fourth-order valence-corrected chi connectivity index (χ4v) is 5.63. The Labute approximate surface area is 178 Å². The molecule has 162 valence electrons. The first kappa shape index (κ1) is 21.5. The van der Waals surface area contributed by atoms with Crippen molar-refractivity contribution in [1.82, 2.24) is 9.38 Å². The van der Waals surface area contributed by atoms with E-state index in [-0.39, 0.29) is 23.1 Å². The summed E-state index contributed by atoms with van der Waals surface area (Å²) >= 11 is 0. The lowest BCUT2D eigenvalue weighted by Crippen LogP contribution is -2.46. The zero-order chi connectivity index (χ0) is 21.7. The Balaban J connectivity index is 1.87. The molecule has 1 fully saturated rings. The summed E-state index contributed by atoms with van der Waals surface area (Å²) in [7, 11) is -2.05.